The predicted octanol–water partition coefficient (Wildman–Crippen LogP) is 4.33. The first-order chi connectivity index (χ1) is 12.2. The minimum atomic E-state index is -0.0409. The summed E-state index contributed by atoms with van der Waals surface area (Å²) >= 11 is 6.82. The van der Waals surface area contributed by atoms with Crippen molar-refractivity contribution in [3.63, 3.8) is 0 Å². The molecule has 0 spiro atoms. The molecule has 1 aliphatic heterocycles. The van der Waals surface area contributed by atoms with Crippen molar-refractivity contribution < 1.29 is 14.3 Å². The number of fused-ring (bicyclic) bond motifs is 5. The summed E-state index contributed by atoms with van der Waals surface area (Å²) in [7, 11) is 3.39. The lowest BCUT2D eigenvalue weighted by Gasteiger charge is -2.58. The molecule has 4 rings (SSSR count). The Balaban J connectivity index is 1.72. The van der Waals surface area contributed by atoms with Crippen LogP contribution in [0.2, 0.25) is 0 Å². The minimum Gasteiger partial charge on any atom is -0.469 e. The maximum Gasteiger partial charge on any atom is 0.309 e. The van der Waals surface area contributed by atoms with Crippen LogP contribution in [0.4, 0.5) is 0 Å². The Bertz CT molecular complexity index is 689. The summed E-state index contributed by atoms with van der Waals surface area (Å²) in [4.78, 5) is 26.5. The van der Waals surface area contributed by atoms with Crippen molar-refractivity contribution in [2.75, 3.05) is 14.2 Å². The highest BCUT2D eigenvalue weighted by Crippen LogP contribution is 2.67. The van der Waals surface area contributed by atoms with Gasteiger partial charge in [0.05, 0.1) is 13.0 Å². The molecule has 0 aromatic heterocycles. The Kier molecular flexibility index (Phi) is 4.22. The second kappa shape index (κ2) is 5.98. The largest absolute Gasteiger partial charge is 0.469 e. The highest BCUT2D eigenvalue weighted by Gasteiger charge is 2.61. The molecule has 1 heterocycles. The van der Waals surface area contributed by atoms with Crippen molar-refractivity contribution in [3.8, 4) is 0 Å². The van der Waals surface area contributed by atoms with Gasteiger partial charge in [0, 0.05) is 29.6 Å². The zero-order valence-electron chi connectivity index (χ0n) is 16.3. The quantitative estimate of drug-likeness (QED) is 0.637. The summed E-state index contributed by atoms with van der Waals surface area (Å²) in [6, 6.07) is 0. The molecule has 1 saturated heterocycles. The number of nitrogens with zero attached hydrogens (tertiary/aromatic N) is 1. The number of hydrogen-bond donors (Lipinski definition) is 0. The fourth-order valence-corrected chi connectivity index (χ4v) is 7.73. The van der Waals surface area contributed by atoms with Gasteiger partial charge >= 0.3 is 5.97 Å². The van der Waals surface area contributed by atoms with Gasteiger partial charge in [-0.2, -0.15) is 0 Å². The molecule has 0 aromatic carbocycles. The Morgan fingerprint density at radius 3 is 2.62 bits per heavy atom. The number of rotatable bonds is 1. The molecule has 1 amide bonds. The summed E-state index contributed by atoms with van der Waals surface area (Å²) in [5.74, 6) is 1.73. The summed E-state index contributed by atoms with van der Waals surface area (Å²) < 4.78 is 5.12. The summed E-state index contributed by atoms with van der Waals surface area (Å²) in [6.45, 7) is 4.62. The molecule has 0 N–H and O–H groups in total. The standard InChI is InChI=1S/C21H30ClNO3/c1-20-9-7-14-12(13(20)5-6-15(20)19(25)26-4)11-16(22)18-21(14,2)10-8-17(24)23(18)3/h12-15H,5-11H2,1-4H3/t12?,13?,14?,15-,20+,21-/m1/s1. The minimum absolute atomic E-state index is 0.0195. The second-order valence-electron chi connectivity index (χ2n) is 9.40. The van der Waals surface area contributed by atoms with Crippen LogP contribution in [0.15, 0.2) is 10.7 Å². The highest BCUT2D eigenvalue weighted by molar-refractivity contribution is 6.30. The van der Waals surface area contributed by atoms with E-state index >= 15 is 0 Å². The van der Waals surface area contributed by atoms with E-state index in [1.165, 1.54) is 7.11 Å². The molecule has 3 aliphatic carbocycles. The number of methoxy groups -OCH3 is 1. The van der Waals surface area contributed by atoms with E-state index in [-0.39, 0.29) is 28.6 Å². The first-order valence-corrected chi connectivity index (χ1v) is 10.4. The summed E-state index contributed by atoms with van der Waals surface area (Å²) in [5, 5.41) is 0.870. The number of likely N-dealkylation sites (tertiary alicyclic amines) is 1. The fourth-order valence-electron chi connectivity index (χ4n) is 7.21. The molecule has 144 valence electrons. The fraction of sp³-hybridized carbons (Fsp3) is 0.810. The zero-order valence-corrected chi connectivity index (χ0v) is 17.1. The number of amides is 1. The molecule has 5 heteroatoms. The van der Waals surface area contributed by atoms with E-state index in [9.17, 15) is 9.59 Å². The Morgan fingerprint density at radius 1 is 1.19 bits per heavy atom. The molecule has 4 nitrogen and oxygen atoms in total. The normalized spacial score (nSPS) is 45.1. The summed E-state index contributed by atoms with van der Waals surface area (Å²) in [6.07, 6.45) is 6.54. The van der Waals surface area contributed by atoms with Gasteiger partial charge in [-0.1, -0.05) is 25.4 Å². The molecule has 3 fully saturated rings. The van der Waals surface area contributed by atoms with E-state index in [0.717, 1.165) is 49.3 Å². The van der Waals surface area contributed by atoms with Crippen molar-refractivity contribution in [1.29, 1.82) is 0 Å². The van der Waals surface area contributed by atoms with Gasteiger partial charge in [-0.3, -0.25) is 9.59 Å². The van der Waals surface area contributed by atoms with Crippen LogP contribution >= 0.6 is 11.6 Å². The number of carbonyl (C=O) groups excluding carboxylic acids is 2. The summed E-state index contributed by atoms with van der Waals surface area (Å²) in [5.41, 5.74) is 1.08. The number of allylic oxidation sites excluding steroid dienone is 2. The molecule has 26 heavy (non-hydrogen) atoms. The zero-order chi connectivity index (χ0) is 18.9. The SMILES string of the molecule is COC(=O)[C@H]1CCC2C3CC(Cl)=C4N(C)C(=O)CC[C@]4(C)C3CC[C@@]21C. The van der Waals surface area contributed by atoms with Crippen LogP contribution in [0.25, 0.3) is 0 Å². The lowest BCUT2D eigenvalue weighted by molar-refractivity contribution is -0.153. The van der Waals surface area contributed by atoms with Crippen LogP contribution in [0.1, 0.15) is 58.8 Å². The Labute approximate surface area is 161 Å². The number of esters is 1. The van der Waals surface area contributed by atoms with Crippen LogP contribution in [-0.4, -0.2) is 30.9 Å². The topological polar surface area (TPSA) is 46.6 Å². The number of piperidine rings is 1. The maximum absolute atomic E-state index is 12.4. The van der Waals surface area contributed by atoms with E-state index in [1.807, 2.05) is 11.9 Å². The van der Waals surface area contributed by atoms with Crippen LogP contribution in [0, 0.1) is 34.5 Å². The molecule has 4 aliphatic rings. The number of carbonyl (C=O) groups is 2. The van der Waals surface area contributed by atoms with E-state index < -0.39 is 0 Å². The third kappa shape index (κ3) is 2.26. The Morgan fingerprint density at radius 2 is 1.92 bits per heavy atom. The molecule has 3 unspecified atom stereocenters. The number of hydrogen-bond acceptors (Lipinski definition) is 3. The molecule has 0 bridgehead atoms. The van der Waals surface area contributed by atoms with Gasteiger partial charge in [0.25, 0.3) is 0 Å². The first kappa shape index (κ1) is 18.3. The van der Waals surface area contributed by atoms with Crippen molar-refractivity contribution in [3.05, 3.63) is 10.7 Å². The van der Waals surface area contributed by atoms with Crippen molar-refractivity contribution in [2.24, 2.45) is 34.5 Å². The number of halogens is 1. The van der Waals surface area contributed by atoms with Gasteiger partial charge in [0.2, 0.25) is 5.91 Å². The van der Waals surface area contributed by atoms with Crippen LogP contribution in [-0.2, 0) is 14.3 Å². The third-order valence-corrected chi connectivity index (χ3v) is 8.86. The smallest absolute Gasteiger partial charge is 0.309 e. The van der Waals surface area contributed by atoms with Crippen LogP contribution < -0.4 is 0 Å². The predicted molar refractivity (Wildman–Crippen MR) is 100 cm³/mol. The van der Waals surface area contributed by atoms with Gasteiger partial charge in [0.15, 0.2) is 0 Å². The highest BCUT2D eigenvalue weighted by atomic mass is 35.5. The van der Waals surface area contributed by atoms with Gasteiger partial charge in [-0.15, -0.1) is 0 Å². The molecular weight excluding hydrogens is 350 g/mol. The number of ether oxygens (including phenoxy) is 1. The van der Waals surface area contributed by atoms with Crippen molar-refractivity contribution >= 4 is 23.5 Å². The monoisotopic (exact) mass is 379 g/mol. The van der Waals surface area contributed by atoms with Gasteiger partial charge in [0.1, 0.15) is 0 Å². The average Bonchev–Trinajstić information content (AvgIpc) is 2.95. The van der Waals surface area contributed by atoms with E-state index in [2.05, 4.69) is 13.8 Å². The van der Waals surface area contributed by atoms with Crippen LogP contribution in [0.3, 0.4) is 0 Å². The molecule has 0 radical (unpaired) electrons. The van der Waals surface area contributed by atoms with Crippen LogP contribution in [0.5, 0.6) is 0 Å². The van der Waals surface area contributed by atoms with Crippen molar-refractivity contribution in [2.45, 2.75) is 58.8 Å². The van der Waals surface area contributed by atoms with Gasteiger partial charge in [-0.05, 0) is 61.7 Å². The van der Waals surface area contributed by atoms with Gasteiger partial charge < -0.3 is 9.64 Å². The molecule has 6 atom stereocenters. The second-order valence-corrected chi connectivity index (χ2v) is 9.86. The first-order valence-electron chi connectivity index (χ1n) is 9.97. The molecule has 2 saturated carbocycles. The lowest BCUT2D eigenvalue weighted by atomic mass is 9.49. The van der Waals surface area contributed by atoms with Gasteiger partial charge in [-0.25, -0.2) is 0 Å². The van der Waals surface area contributed by atoms with E-state index in [1.54, 1.807) is 0 Å². The average molecular weight is 380 g/mol. The molecular formula is C21H30ClNO3. The molecule has 0 aromatic rings. The maximum atomic E-state index is 12.4. The third-order valence-electron chi connectivity index (χ3n) is 8.52. The Hall–Kier alpha value is -1.03. The van der Waals surface area contributed by atoms with E-state index in [4.69, 9.17) is 16.3 Å². The lowest BCUT2D eigenvalue weighted by Crippen LogP contribution is -2.54. The van der Waals surface area contributed by atoms with E-state index in [0.29, 0.717) is 24.2 Å². The van der Waals surface area contributed by atoms with Crippen molar-refractivity contribution in [1.82, 2.24) is 4.90 Å².